The molecule has 6 heteroatoms. The van der Waals surface area contributed by atoms with Crippen LogP contribution in [0.4, 0.5) is 10.1 Å². The predicted octanol–water partition coefficient (Wildman–Crippen LogP) is 5.05. The Labute approximate surface area is 172 Å². The second-order valence-electron chi connectivity index (χ2n) is 7.77. The number of hydrogen-bond donors (Lipinski definition) is 2. The average molecular weight is 401 g/mol. The van der Waals surface area contributed by atoms with E-state index >= 15 is 0 Å². The Morgan fingerprint density at radius 1 is 1.17 bits per heavy atom. The van der Waals surface area contributed by atoms with Crippen molar-refractivity contribution in [3.63, 3.8) is 0 Å². The summed E-state index contributed by atoms with van der Waals surface area (Å²) in [4.78, 5) is 16.4. The van der Waals surface area contributed by atoms with Crippen molar-refractivity contribution in [3.8, 4) is 11.3 Å². The molecule has 2 heterocycles. The Kier molecular flexibility index (Phi) is 4.28. The molecule has 0 spiro atoms. The van der Waals surface area contributed by atoms with E-state index in [1.807, 2.05) is 30.5 Å². The second-order valence-corrected chi connectivity index (χ2v) is 7.77. The van der Waals surface area contributed by atoms with Crippen LogP contribution in [0.2, 0.25) is 0 Å². The van der Waals surface area contributed by atoms with Gasteiger partial charge in [0.05, 0.1) is 11.4 Å². The van der Waals surface area contributed by atoms with Crippen molar-refractivity contribution in [2.75, 3.05) is 5.73 Å². The summed E-state index contributed by atoms with van der Waals surface area (Å²) in [6.45, 7) is 0.616. The third-order valence-corrected chi connectivity index (χ3v) is 5.69. The smallest absolute Gasteiger partial charge is 0.340 e. The Balaban J connectivity index is 1.54. The normalized spacial score (nSPS) is 13.6. The first kappa shape index (κ1) is 18.4. The van der Waals surface area contributed by atoms with E-state index in [4.69, 9.17) is 5.73 Å². The molecular weight excluding hydrogens is 381 g/mol. The lowest BCUT2D eigenvalue weighted by molar-refractivity contribution is 0.0698. The highest BCUT2D eigenvalue weighted by Gasteiger charge is 2.30. The summed E-state index contributed by atoms with van der Waals surface area (Å²) in [6.07, 6.45) is 5.74. The minimum absolute atomic E-state index is 0.0736. The van der Waals surface area contributed by atoms with E-state index < -0.39 is 5.97 Å². The average Bonchev–Trinajstić information content (AvgIpc) is 3.50. The van der Waals surface area contributed by atoms with Crippen molar-refractivity contribution >= 4 is 22.6 Å². The Hall–Kier alpha value is -3.67. The third kappa shape index (κ3) is 3.20. The van der Waals surface area contributed by atoms with Crippen molar-refractivity contribution in [1.29, 1.82) is 0 Å². The van der Waals surface area contributed by atoms with Gasteiger partial charge in [-0.15, -0.1) is 0 Å². The molecule has 30 heavy (non-hydrogen) atoms. The molecule has 150 valence electrons. The molecule has 0 radical (unpaired) electrons. The molecule has 5 nitrogen and oxygen atoms in total. The number of carboxylic acid groups (broad SMARTS) is 1. The number of nitrogen functional groups attached to an aromatic ring is 1. The molecule has 2 aromatic carbocycles. The summed E-state index contributed by atoms with van der Waals surface area (Å²) >= 11 is 0. The highest BCUT2D eigenvalue weighted by Crippen LogP contribution is 2.44. The quantitative estimate of drug-likeness (QED) is 0.490. The molecule has 0 bridgehead atoms. The number of anilines is 1. The van der Waals surface area contributed by atoms with Gasteiger partial charge in [0.1, 0.15) is 11.4 Å². The molecule has 0 aliphatic heterocycles. The van der Waals surface area contributed by atoms with Crippen molar-refractivity contribution in [1.82, 2.24) is 9.55 Å². The van der Waals surface area contributed by atoms with E-state index in [0.717, 1.165) is 34.9 Å². The summed E-state index contributed by atoms with van der Waals surface area (Å²) in [7, 11) is 0. The predicted molar refractivity (Wildman–Crippen MR) is 114 cm³/mol. The molecule has 1 aliphatic rings. The molecule has 0 amide bonds. The molecular formula is C24H20FN3O2. The molecule has 2 aromatic heterocycles. The number of halogens is 1. The Morgan fingerprint density at radius 2 is 1.93 bits per heavy atom. The number of aromatic carboxylic acids is 1. The zero-order chi connectivity index (χ0) is 20.8. The van der Waals surface area contributed by atoms with Crippen molar-refractivity contribution in [2.24, 2.45) is 0 Å². The van der Waals surface area contributed by atoms with E-state index in [1.165, 1.54) is 12.1 Å². The van der Waals surface area contributed by atoms with E-state index in [-0.39, 0.29) is 11.4 Å². The standard InChI is InChI=1S/C24H20FN3O2/c25-18-6-1-14(2-7-18)13-28-10-9-16-11-17(5-8-20(16)28)23-21(24(29)30)22(26)19(12-27-23)15-3-4-15/h1-2,5-12,15H,3-4,13H2,(H2,26,27)(H,29,30). The van der Waals surface area contributed by atoms with E-state index in [1.54, 1.807) is 18.3 Å². The molecule has 0 saturated heterocycles. The summed E-state index contributed by atoms with van der Waals surface area (Å²) in [6, 6.07) is 14.2. The molecule has 1 aliphatic carbocycles. The monoisotopic (exact) mass is 401 g/mol. The van der Waals surface area contributed by atoms with Gasteiger partial charge in [0.25, 0.3) is 0 Å². The number of nitrogens with zero attached hydrogens (tertiary/aromatic N) is 2. The van der Waals surface area contributed by atoms with Crippen LogP contribution in [-0.2, 0) is 6.54 Å². The fourth-order valence-corrected chi connectivity index (χ4v) is 3.97. The fourth-order valence-electron chi connectivity index (χ4n) is 3.97. The highest BCUT2D eigenvalue weighted by molar-refractivity contribution is 6.01. The van der Waals surface area contributed by atoms with Gasteiger partial charge in [-0.05, 0) is 60.2 Å². The molecule has 1 saturated carbocycles. The van der Waals surface area contributed by atoms with Gasteiger partial charge in [-0.1, -0.05) is 18.2 Å². The van der Waals surface area contributed by atoms with E-state index in [2.05, 4.69) is 9.55 Å². The lowest BCUT2D eigenvalue weighted by Crippen LogP contribution is -2.09. The number of pyridine rings is 1. The fraction of sp³-hybridized carbons (Fsp3) is 0.167. The van der Waals surface area contributed by atoms with Gasteiger partial charge in [0.2, 0.25) is 0 Å². The minimum Gasteiger partial charge on any atom is -0.478 e. The first-order valence-electron chi connectivity index (χ1n) is 9.86. The number of nitrogens with two attached hydrogens (primary N) is 1. The van der Waals surface area contributed by atoms with Crippen LogP contribution in [0.5, 0.6) is 0 Å². The lowest BCUT2D eigenvalue weighted by atomic mass is 9.99. The van der Waals surface area contributed by atoms with Gasteiger partial charge in [-0.2, -0.15) is 0 Å². The summed E-state index contributed by atoms with van der Waals surface area (Å²) in [5.41, 5.74) is 10.6. The van der Waals surface area contributed by atoms with Crippen LogP contribution in [0, 0.1) is 5.82 Å². The molecule has 4 aromatic rings. The number of hydrogen-bond acceptors (Lipinski definition) is 3. The zero-order valence-electron chi connectivity index (χ0n) is 16.2. The van der Waals surface area contributed by atoms with Crippen molar-refractivity contribution < 1.29 is 14.3 Å². The number of aromatic nitrogens is 2. The van der Waals surface area contributed by atoms with E-state index in [0.29, 0.717) is 29.4 Å². The third-order valence-electron chi connectivity index (χ3n) is 5.69. The number of carboxylic acids is 1. The van der Waals surface area contributed by atoms with Gasteiger partial charge in [0.15, 0.2) is 0 Å². The largest absolute Gasteiger partial charge is 0.478 e. The maximum Gasteiger partial charge on any atom is 0.340 e. The lowest BCUT2D eigenvalue weighted by Gasteiger charge is -2.13. The summed E-state index contributed by atoms with van der Waals surface area (Å²) in [5, 5.41) is 10.8. The molecule has 0 atom stereocenters. The maximum atomic E-state index is 13.2. The molecule has 1 fully saturated rings. The van der Waals surface area contributed by atoms with Crippen molar-refractivity contribution in [2.45, 2.75) is 25.3 Å². The first-order valence-corrected chi connectivity index (χ1v) is 9.86. The van der Waals surface area contributed by atoms with Gasteiger partial charge in [0, 0.05) is 35.4 Å². The Morgan fingerprint density at radius 3 is 2.63 bits per heavy atom. The van der Waals surface area contributed by atoms with Crippen LogP contribution in [0.1, 0.15) is 40.2 Å². The summed E-state index contributed by atoms with van der Waals surface area (Å²) < 4.78 is 15.2. The number of fused-ring (bicyclic) bond motifs is 1. The summed E-state index contributed by atoms with van der Waals surface area (Å²) in [5.74, 6) is -0.992. The molecule has 0 unspecified atom stereocenters. The van der Waals surface area contributed by atoms with Crippen molar-refractivity contribution in [3.05, 3.63) is 83.4 Å². The van der Waals surface area contributed by atoms with E-state index in [9.17, 15) is 14.3 Å². The van der Waals surface area contributed by atoms with Crippen LogP contribution < -0.4 is 5.73 Å². The van der Waals surface area contributed by atoms with Gasteiger partial charge in [-0.25, -0.2) is 9.18 Å². The van der Waals surface area contributed by atoms with Gasteiger partial charge >= 0.3 is 5.97 Å². The van der Waals surface area contributed by atoms with Crippen LogP contribution in [0.25, 0.3) is 22.2 Å². The topological polar surface area (TPSA) is 81.1 Å². The SMILES string of the molecule is Nc1c(C2CC2)cnc(-c2ccc3c(ccn3Cc3ccc(F)cc3)c2)c1C(=O)O. The number of rotatable bonds is 5. The van der Waals surface area contributed by atoms with Crippen LogP contribution in [-0.4, -0.2) is 20.6 Å². The molecule has 3 N–H and O–H groups in total. The maximum absolute atomic E-state index is 13.2. The number of benzene rings is 2. The van der Waals surface area contributed by atoms with Crippen LogP contribution in [0.15, 0.2) is 60.9 Å². The highest BCUT2D eigenvalue weighted by atomic mass is 19.1. The van der Waals surface area contributed by atoms with Gasteiger partial charge in [-0.3, -0.25) is 4.98 Å². The Bertz CT molecular complexity index is 1270. The minimum atomic E-state index is -1.06. The van der Waals surface area contributed by atoms with Crippen LogP contribution in [0.3, 0.4) is 0 Å². The first-order chi connectivity index (χ1) is 14.5. The zero-order valence-corrected chi connectivity index (χ0v) is 16.2. The van der Waals surface area contributed by atoms with Gasteiger partial charge < -0.3 is 15.4 Å². The van der Waals surface area contributed by atoms with Crippen LogP contribution >= 0.6 is 0 Å². The second kappa shape index (κ2) is 6.99. The number of carbonyl (C=O) groups is 1. The molecule has 5 rings (SSSR count).